The van der Waals surface area contributed by atoms with E-state index in [1.165, 1.54) is 32.1 Å². The third-order valence-electron chi connectivity index (χ3n) is 5.43. The second kappa shape index (κ2) is 5.66. The molecule has 2 saturated carbocycles. The summed E-state index contributed by atoms with van der Waals surface area (Å²) in [6.45, 7) is 0. The number of rotatable bonds is 2. The lowest BCUT2D eigenvalue weighted by Gasteiger charge is -2.39. The molecule has 114 valence electrons. The van der Waals surface area contributed by atoms with Crippen LogP contribution >= 0.6 is 0 Å². The molecule has 4 nitrogen and oxygen atoms in total. The number of carbonyl (C=O) groups is 2. The molecule has 3 rings (SSSR count). The fraction of sp³-hybridized carbons (Fsp3) is 0.647. The van der Waals surface area contributed by atoms with Crippen LogP contribution in [-0.4, -0.2) is 21.8 Å². The van der Waals surface area contributed by atoms with Crippen molar-refractivity contribution in [2.45, 2.75) is 51.4 Å². The highest BCUT2D eigenvalue weighted by atomic mass is 16.3. The van der Waals surface area contributed by atoms with E-state index in [9.17, 15) is 19.8 Å². The number of fused-ring (bicyclic) bond motifs is 1. The van der Waals surface area contributed by atoms with Crippen LogP contribution in [0.2, 0.25) is 0 Å². The average molecular weight is 290 g/mol. The topological polar surface area (TPSA) is 74.6 Å². The zero-order valence-electron chi connectivity index (χ0n) is 12.2. The Morgan fingerprint density at radius 2 is 1.71 bits per heavy atom. The molecule has 0 saturated heterocycles. The molecule has 0 aromatic carbocycles. The van der Waals surface area contributed by atoms with Gasteiger partial charge in [-0.25, -0.2) is 0 Å². The van der Waals surface area contributed by atoms with Gasteiger partial charge in [0.25, 0.3) is 0 Å². The first-order valence-electron chi connectivity index (χ1n) is 7.98. The van der Waals surface area contributed by atoms with Crippen LogP contribution in [0.1, 0.15) is 51.4 Å². The van der Waals surface area contributed by atoms with Gasteiger partial charge in [0.2, 0.25) is 11.6 Å². The fourth-order valence-electron chi connectivity index (χ4n) is 4.30. The van der Waals surface area contributed by atoms with Gasteiger partial charge in [-0.15, -0.1) is 0 Å². The normalized spacial score (nSPS) is 33.7. The van der Waals surface area contributed by atoms with Gasteiger partial charge < -0.3 is 10.2 Å². The van der Waals surface area contributed by atoms with Crippen LogP contribution in [0.25, 0.3) is 0 Å². The summed E-state index contributed by atoms with van der Waals surface area (Å²) in [4.78, 5) is 23.5. The quantitative estimate of drug-likeness (QED) is 0.764. The number of ketones is 2. The van der Waals surface area contributed by atoms with Gasteiger partial charge in [0, 0.05) is 11.6 Å². The van der Waals surface area contributed by atoms with E-state index in [-0.39, 0.29) is 5.57 Å². The molecule has 0 bridgehead atoms. The number of carbonyl (C=O) groups excluding carboxylic acids is 2. The maximum Gasteiger partial charge on any atom is 0.227 e. The molecule has 3 unspecified atom stereocenters. The van der Waals surface area contributed by atoms with Crippen molar-refractivity contribution in [3.63, 3.8) is 0 Å². The predicted molar refractivity (Wildman–Crippen MR) is 77.8 cm³/mol. The van der Waals surface area contributed by atoms with Gasteiger partial charge in [0.1, 0.15) is 0 Å². The van der Waals surface area contributed by atoms with Crippen molar-refractivity contribution >= 4 is 11.6 Å². The Balaban J connectivity index is 1.70. The third-order valence-corrected chi connectivity index (χ3v) is 5.43. The SMILES string of the molecule is O=C1C=C(O)C(=O)C(CC2CCC3CCCCC3C2)=C1O. The molecule has 0 radical (unpaired) electrons. The standard InChI is InChI=1S/C17H22O4/c18-14-9-15(19)17(21)13(16(14)20)8-10-5-6-11-3-1-2-4-12(11)7-10/h9-12,18,21H,1-8H2. The molecule has 4 heteroatoms. The van der Waals surface area contributed by atoms with Crippen molar-refractivity contribution in [1.29, 1.82) is 0 Å². The molecule has 0 aromatic rings. The summed E-state index contributed by atoms with van der Waals surface area (Å²) in [5.74, 6) is -0.355. The first-order chi connectivity index (χ1) is 10.1. The Morgan fingerprint density at radius 1 is 1.00 bits per heavy atom. The smallest absolute Gasteiger partial charge is 0.227 e. The average Bonchev–Trinajstić information content (AvgIpc) is 2.49. The first-order valence-corrected chi connectivity index (χ1v) is 7.98. The summed E-state index contributed by atoms with van der Waals surface area (Å²) < 4.78 is 0. The molecular formula is C17H22O4. The fourth-order valence-corrected chi connectivity index (χ4v) is 4.30. The van der Waals surface area contributed by atoms with Gasteiger partial charge in [0.05, 0.1) is 0 Å². The molecule has 3 atom stereocenters. The summed E-state index contributed by atoms with van der Waals surface area (Å²) in [7, 11) is 0. The second-order valence-corrected chi connectivity index (χ2v) is 6.74. The highest BCUT2D eigenvalue weighted by Crippen LogP contribution is 2.44. The molecule has 21 heavy (non-hydrogen) atoms. The van der Waals surface area contributed by atoms with Gasteiger partial charge in [-0.05, 0) is 43.4 Å². The number of aliphatic hydroxyl groups excluding tert-OH is 2. The Kier molecular flexibility index (Phi) is 3.87. The molecule has 2 N–H and O–H groups in total. The van der Waals surface area contributed by atoms with Crippen LogP contribution in [0.4, 0.5) is 0 Å². The van der Waals surface area contributed by atoms with Crippen molar-refractivity contribution in [3.8, 4) is 0 Å². The van der Waals surface area contributed by atoms with Gasteiger partial charge in [-0.1, -0.05) is 25.7 Å². The number of hydrogen-bond acceptors (Lipinski definition) is 4. The second-order valence-electron chi connectivity index (χ2n) is 6.74. The molecule has 0 aliphatic heterocycles. The van der Waals surface area contributed by atoms with E-state index in [0.717, 1.165) is 30.8 Å². The summed E-state index contributed by atoms with van der Waals surface area (Å²) in [5.41, 5.74) is 0.110. The minimum Gasteiger partial charge on any atom is -0.504 e. The lowest BCUT2D eigenvalue weighted by atomic mass is 9.66. The minimum absolute atomic E-state index is 0.110. The molecule has 0 spiro atoms. The lowest BCUT2D eigenvalue weighted by Crippen LogP contribution is -2.29. The predicted octanol–water partition coefficient (Wildman–Crippen LogP) is 3.39. The number of allylic oxidation sites excluding steroid dienone is 2. The third kappa shape index (κ3) is 2.76. The minimum atomic E-state index is -0.659. The maximum absolute atomic E-state index is 11.9. The number of aliphatic hydroxyl groups is 2. The monoisotopic (exact) mass is 290 g/mol. The van der Waals surface area contributed by atoms with E-state index in [4.69, 9.17) is 0 Å². The van der Waals surface area contributed by atoms with Gasteiger partial charge in [0.15, 0.2) is 11.5 Å². The van der Waals surface area contributed by atoms with Crippen molar-refractivity contribution < 1.29 is 19.8 Å². The van der Waals surface area contributed by atoms with E-state index >= 15 is 0 Å². The highest BCUT2D eigenvalue weighted by molar-refractivity contribution is 6.20. The molecular weight excluding hydrogens is 268 g/mol. The van der Waals surface area contributed by atoms with Crippen LogP contribution in [0.15, 0.2) is 23.2 Å². The van der Waals surface area contributed by atoms with Crippen LogP contribution in [0.5, 0.6) is 0 Å². The summed E-state index contributed by atoms with van der Waals surface area (Å²) in [6, 6.07) is 0. The van der Waals surface area contributed by atoms with E-state index in [1.54, 1.807) is 0 Å². The molecule has 3 aliphatic carbocycles. The van der Waals surface area contributed by atoms with Crippen LogP contribution in [0.3, 0.4) is 0 Å². The maximum atomic E-state index is 11.9. The van der Waals surface area contributed by atoms with Crippen molar-refractivity contribution in [3.05, 3.63) is 23.2 Å². The van der Waals surface area contributed by atoms with Crippen molar-refractivity contribution in [2.75, 3.05) is 0 Å². The number of Topliss-reactive ketones (excluding diaryl/α,β-unsaturated/α-hetero) is 1. The molecule has 2 fully saturated rings. The van der Waals surface area contributed by atoms with Gasteiger partial charge in [-0.3, -0.25) is 9.59 Å². The molecule has 3 aliphatic rings. The zero-order chi connectivity index (χ0) is 15.0. The van der Waals surface area contributed by atoms with Crippen LogP contribution < -0.4 is 0 Å². The summed E-state index contributed by atoms with van der Waals surface area (Å²) in [5, 5.41) is 19.3. The highest BCUT2D eigenvalue weighted by Gasteiger charge is 2.35. The Bertz CT molecular complexity index is 529. The van der Waals surface area contributed by atoms with E-state index in [1.807, 2.05) is 0 Å². The Labute approximate surface area is 124 Å². The zero-order valence-corrected chi connectivity index (χ0v) is 12.2. The molecule has 0 aromatic heterocycles. The van der Waals surface area contributed by atoms with Gasteiger partial charge >= 0.3 is 0 Å². The van der Waals surface area contributed by atoms with E-state index in [2.05, 4.69) is 0 Å². The largest absolute Gasteiger partial charge is 0.504 e. The molecule has 0 heterocycles. The van der Waals surface area contributed by atoms with E-state index in [0.29, 0.717) is 12.3 Å². The summed E-state index contributed by atoms with van der Waals surface area (Å²) >= 11 is 0. The van der Waals surface area contributed by atoms with Crippen molar-refractivity contribution in [2.24, 2.45) is 17.8 Å². The lowest BCUT2D eigenvalue weighted by molar-refractivity contribution is -0.119. The van der Waals surface area contributed by atoms with Gasteiger partial charge in [-0.2, -0.15) is 0 Å². The molecule has 0 amide bonds. The Hall–Kier alpha value is -1.58. The van der Waals surface area contributed by atoms with Crippen LogP contribution in [0, 0.1) is 17.8 Å². The van der Waals surface area contributed by atoms with Crippen molar-refractivity contribution in [1.82, 2.24) is 0 Å². The van der Waals surface area contributed by atoms with Crippen LogP contribution in [-0.2, 0) is 9.59 Å². The Morgan fingerprint density at radius 3 is 2.48 bits per heavy atom. The first kappa shape index (κ1) is 14.4. The van der Waals surface area contributed by atoms with E-state index < -0.39 is 23.1 Å². The number of hydrogen-bond donors (Lipinski definition) is 2. The summed E-state index contributed by atoms with van der Waals surface area (Å²) in [6.07, 6.45) is 9.75.